The van der Waals surface area contributed by atoms with E-state index in [9.17, 15) is 0 Å². The van der Waals surface area contributed by atoms with Crippen LogP contribution < -0.4 is 0 Å². The monoisotopic (exact) mass is 1240 g/mol. The van der Waals surface area contributed by atoms with Crippen molar-refractivity contribution in [2.45, 2.75) is 198 Å². The molecule has 4 nitrogen and oxygen atoms in total. The molecule has 0 atom stereocenters. The van der Waals surface area contributed by atoms with Crippen LogP contribution in [0.3, 0.4) is 0 Å². The molecule has 0 radical (unpaired) electrons. The van der Waals surface area contributed by atoms with Gasteiger partial charge in [0.1, 0.15) is 0 Å². The van der Waals surface area contributed by atoms with Crippen LogP contribution in [0.2, 0.25) is 0 Å². The molecule has 0 saturated carbocycles. The Labute approximate surface area is 567 Å². The molecular formula is C90H108N4. The van der Waals surface area contributed by atoms with Crippen molar-refractivity contribution in [2.24, 2.45) is 30.8 Å². The third kappa shape index (κ3) is 19.9. The highest BCUT2D eigenvalue weighted by Gasteiger charge is 2.26. The standard InChI is InChI=1S/3C14H16.4C12H15N/c3*1-14(2,3)13-9-8-11-6-4-5-7-12(11)10-13;1-12(2,3)10-4-5-11-9(8-10)6-7-13-11;1-12(2,3)10-5-4-9-6-7-13-11(9)8-10;2*1-12(2,3)11-8-9-6-4-5-7-10(9)13-11/h3*4-10H,1-3H3;2*4-5,7-8H,6H2,1-3H3;2*4-7H,8H2,1-3H3. The fraction of sp³-hybridized carbons (Fsp3) is 0.356. The fourth-order valence-corrected chi connectivity index (χ4v) is 11.3. The minimum Gasteiger partial charge on any atom is -0.261 e. The van der Waals surface area contributed by atoms with Gasteiger partial charge in [0.15, 0.2) is 0 Å². The van der Waals surface area contributed by atoms with Gasteiger partial charge < -0.3 is 0 Å². The summed E-state index contributed by atoms with van der Waals surface area (Å²) in [5.41, 5.74) is 21.3. The summed E-state index contributed by atoms with van der Waals surface area (Å²) in [6, 6.07) is 75.6. The highest BCUT2D eigenvalue weighted by atomic mass is 14.8. The van der Waals surface area contributed by atoms with Gasteiger partial charge in [-0.3, -0.25) is 20.0 Å². The van der Waals surface area contributed by atoms with Crippen molar-refractivity contribution in [1.82, 2.24) is 0 Å². The summed E-state index contributed by atoms with van der Waals surface area (Å²) in [5.74, 6) is 0. The number of hydrogen-bond donors (Lipinski definition) is 0. The molecule has 0 unspecified atom stereocenters. The first-order chi connectivity index (χ1) is 44.0. The van der Waals surface area contributed by atoms with Crippen molar-refractivity contribution in [3.8, 4) is 0 Å². The van der Waals surface area contributed by atoms with Gasteiger partial charge in [0, 0.05) is 60.4 Å². The summed E-state index contributed by atoms with van der Waals surface area (Å²) in [5, 5.41) is 7.96. The van der Waals surface area contributed by atoms with Crippen molar-refractivity contribution in [3.63, 3.8) is 0 Å². The maximum absolute atomic E-state index is 4.64. The number of fused-ring (bicyclic) bond motifs is 7. The summed E-state index contributed by atoms with van der Waals surface area (Å²) in [7, 11) is 0. The van der Waals surface area contributed by atoms with Crippen LogP contribution in [0.5, 0.6) is 0 Å². The smallest absolute Gasteiger partial charge is 0.0665 e. The van der Waals surface area contributed by atoms with Crippen LogP contribution in [-0.2, 0) is 52.8 Å². The second kappa shape index (κ2) is 29.5. The first kappa shape index (κ1) is 71.5. The van der Waals surface area contributed by atoms with Crippen LogP contribution >= 0.6 is 0 Å². The lowest BCUT2D eigenvalue weighted by Gasteiger charge is -2.19. The minimum absolute atomic E-state index is 0.207. The van der Waals surface area contributed by atoms with E-state index in [1.165, 1.54) is 93.8 Å². The van der Waals surface area contributed by atoms with E-state index in [-0.39, 0.29) is 37.9 Å². The average molecular weight is 1250 g/mol. The van der Waals surface area contributed by atoms with E-state index < -0.39 is 0 Å². The lowest BCUT2D eigenvalue weighted by molar-refractivity contribution is 0.584. The zero-order valence-corrected chi connectivity index (χ0v) is 61.0. The van der Waals surface area contributed by atoms with Crippen LogP contribution in [0, 0.1) is 10.8 Å². The minimum atomic E-state index is 0.207. The van der Waals surface area contributed by atoms with E-state index in [4.69, 9.17) is 0 Å². The predicted octanol–water partition coefficient (Wildman–Crippen LogP) is 25.6. The number of aliphatic imine (C=N–C) groups is 4. The Morgan fingerprint density at radius 2 is 0.521 bits per heavy atom. The molecule has 0 amide bonds. The number of rotatable bonds is 0. The molecule has 0 fully saturated rings. The van der Waals surface area contributed by atoms with Gasteiger partial charge in [-0.25, -0.2) is 0 Å². The van der Waals surface area contributed by atoms with E-state index in [1.54, 1.807) is 0 Å². The zero-order valence-electron chi connectivity index (χ0n) is 61.0. The fourth-order valence-electron chi connectivity index (χ4n) is 11.3. The van der Waals surface area contributed by atoms with Crippen LogP contribution in [0.15, 0.2) is 232 Å². The van der Waals surface area contributed by atoms with Crippen molar-refractivity contribution in [2.75, 3.05) is 0 Å². The number of nitrogens with zero attached hydrogens (tertiary/aromatic N) is 4. The van der Waals surface area contributed by atoms with Crippen LogP contribution in [0.1, 0.15) is 195 Å². The number of benzene rings is 10. The Bertz CT molecular complexity index is 4050. The molecular weight excluding hydrogens is 1140 g/mol. The van der Waals surface area contributed by atoms with Crippen LogP contribution in [-0.4, -0.2) is 23.9 Å². The Morgan fingerprint density at radius 3 is 0.883 bits per heavy atom. The summed E-state index contributed by atoms with van der Waals surface area (Å²) in [6.07, 6.45) is 8.02. The Morgan fingerprint density at radius 1 is 0.223 bits per heavy atom. The summed E-state index contributed by atoms with van der Waals surface area (Å²) in [4.78, 5) is 17.9. The quantitative estimate of drug-likeness (QED) is 0.145. The first-order valence-electron chi connectivity index (χ1n) is 34.1. The van der Waals surface area contributed by atoms with Crippen LogP contribution in [0.4, 0.5) is 22.7 Å². The van der Waals surface area contributed by atoms with E-state index in [2.05, 4.69) is 366 Å². The van der Waals surface area contributed by atoms with E-state index in [0.29, 0.717) is 0 Å². The molecule has 14 rings (SSSR count). The SMILES string of the molecule is CC(C)(C)C1=Nc2ccccc2C1.CC(C)(C)C1=Nc2ccccc2C1.CC(C)(C)c1ccc2c(c1)CC=N2.CC(C)(C)c1ccc2c(c1)N=CC2.CC(C)(C)c1ccc2ccccc2c1.CC(C)(C)c1ccc2ccccc2c1.CC(C)(C)c1ccc2ccccc2c1. The lowest BCUT2D eigenvalue weighted by atomic mass is 9.86. The average Bonchev–Trinajstić information content (AvgIpc) is 1.21. The van der Waals surface area contributed by atoms with Crippen molar-refractivity contribution >= 4 is 78.9 Å². The zero-order chi connectivity index (χ0) is 68.4. The molecule has 10 aromatic carbocycles. The predicted molar refractivity (Wildman–Crippen MR) is 415 cm³/mol. The summed E-state index contributed by atoms with van der Waals surface area (Å²) >= 11 is 0. The topological polar surface area (TPSA) is 49.4 Å². The summed E-state index contributed by atoms with van der Waals surface area (Å²) in [6.45, 7) is 47.0. The highest BCUT2D eigenvalue weighted by molar-refractivity contribution is 5.98. The van der Waals surface area contributed by atoms with Gasteiger partial charge in [0.05, 0.1) is 22.7 Å². The Balaban J connectivity index is 0.000000141. The number of hydrogen-bond acceptors (Lipinski definition) is 4. The molecule has 0 saturated heterocycles. The Hall–Kier alpha value is -8.34. The van der Waals surface area contributed by atoms with Crippen molar-refractivity contribution in [3.05, 3.63) is 262 Å². The van der Waals surface area contributed by atoms with Gasteiger partial charge in [-0.1, -0.05) is 333 Å². The molecule has 4 aliphatic heterocycles. The second-order valence-electron chi connectivity index (χ2n) is 32.9. The molecule has 0 bridgehead atoms. The highest BCUT2D eigenvalue weighted by Crippen LogP contribution is 2.36. The van der Waals surface area contributed by atoms with Crippen molar-refractivity contribution in [1.29, 1.82) is 0 Å². The van der Waals surface area contributed by atoms with Gasteiger partial charge in [0.2, 0.25) is 0 Å². The van der Waals surface area contributed by atoms with E-state index in [1.807, 2.05) is 24.6 Å². The normalized spacial score (nSPS) is 13.7. The third-order valence-electron chi connectivity index (χ3n) is 17.8. The second-order valence-corrected chi connectivity index (χ2v) is 32.9. The van der Waals surface area contributed by atoms with E-state index in [0.717, 1.165) is 48.4 Å². The van der Waals surface area contributed by atoms with Gasteiger partial charge in [0.25, 0.3) is 0 Å². The molecule has 4 heterocycles. The lowest BCUT2D eigenvalue weighted by Crippen LogP contribution is -2.19. The molecule has 0 aromatic heterocycles. The third-order valence-corrected chi connectivity index (χ3v) is 17.8. The van der Waals surface area contributed by atoms with Gasteiger partial charge in [-0.15, -0.1) is 0 Å². The maximum Gasteiger partial charge on any atom is 0.0665 e. The largest absolute Gasteiger partial charge is 0.261 e. The molecule has 488 valence electrons. The first-order valence-corrected chi connectivity index (χ1v) is 34.1. The maximum atomic E-state index is 4.64. The molecule has 0 N–H and O–H groups in total. The number of para-hydroxylation sites is 2. The van der Waals surface area contributed by atoms with Gasteiger partial charge in [-0.05, 0) is 134 Å². The molecule has 0 aliphatic carbocycles. The van der Waals surface area contributed by atoms with Gasteiger partial charge in [-0.2, -0.15) is 0 Å². The van der Waals surface area contributed by atoms with Crippen LogP contribution in [0.25, 0.3) is 32.3 Å². The molecule has 4 aliphatic rings. The molecule has 0 spiro atoms. The summed E-state index contributed by atoms with van der Waals surface area (Å²) < 4.78 is 0. The van der Waals surface area contributed by atoms with Gasteiger partial charge >= 0.3 is 0 Å². The molecule has 10 aromatic rings. The van der Waals surface area contributed by atoms with E-state index >= 15 is 0 Å². The Kier molecular flexibility index (Phi) is 22.5. The molecule has 4 heteroatoms. The van der Waals surface area contributed by atoms with Crippen molar-refractivity contribution < 1.29 is 0 Å². The molecule has 94 heavy (non-hydrogen) atoms.